The lowest BCUT2D eigenvalue weighted by Gasteiger charge is -2.21. The van der Waals surface area contributed by atoms with Gasteiger partial charge in [0.25, 0.3) is 0 Å². The Morgan fingerprint density at radius 3 is 2.83 bits per heavy atom. The molecule has 3 aliphatic rings. The third kappa shape index (κ3) is 1.78. The highest BCUT2D eigenvalue weighted by molar-refractivity contribution is 5.83. The molecule has 0 bridgehead atoms. The van der Waals surface area contributed by atoms with Crippen LogP contribution in [-0.2, 0) is 4.74 Å². The molecule has 2 aromatic rings. The molecule has 2 saturated carbocycles. The average Bonchev–Trinajstić information content (AvgIpc) is 3.38. The van der Waals surface area contributed by atoms with Crippen molar-refractivity contribution in [3.8, 4) is 0 Å². The molecule has 0 aromatic carbocycles. The van der Waals surface area contributed by atoms with Gasteiger partial charge in [-0.3, -0.25) is 4.57 Å². The van der Waals surface area contributed by atoms with Gasteiger partial charge in [0.05, 0.1) is 18.9 Å². The van der Waals surface area contributed by atoms with Crippen LogP contribution in [0.2, 0.25) is 0 Å². The summed E-state index contributed by atoms with van der Waals surface area (Å²) >= 11 is 0. The van der Waals surface area contributed by atoms with Crippen LogP contribution in [0.4, 0.5) is 5.82 Å². The molecule has 122 valence electrons. The molecule has 5 rings (SSSR count). The molecule has 5 atom stereocenters. The molecule has 2 aliphatic carbocycles. The van der Waals surface area contributed by atoms with Crippen LogP contribution >= 0.6 is 0 Å². The standard InChI is InChI=1S/C14H17N5O4/c20-3-7-8-10(21)13(23-14(7,8)22)19-5-17-9-11(18-6-1-2-6)15-4-16-12(9)19/h4-8,10,13,20-22H,1-3H2,(H,15,16,18)/t7-,8?,10?,13-,14?/m1/s1. The summed E-state index contributed by atoms with van der Waals surface area (Å²) in [6.07, 6.45) is 3.51. The molecule has 0 radical (unpaired) electrons. The largest absolute Gasteiger partial charge is 0.396 e. The minimum absolute atomic E-state index is 0.215. The van der Waals surface area contributed by atoms with Crippen LogP contribution in [0.1, 0.15) is 19.1 Å². The van der Waals surface area contributed by atoms with Crippen LogP contribution in [0.25, 0.3) is 11.2 Å². The number of hydrogen-bond donors (Lipinski definition) is 4. The van der Waals surface area contributed by atoms with Crippen molar-refractivity contribution in [1.82, 2.24) is 19.5 Å². The third-order valence-electron chi connectivity index (χ3n) is 5.05. The van der Waals surface area contributed by atoms with Gasteiger partial charge in [0, 0.05) is 12.0 Å². The number of fused-ring (bicyclic) bond motifs is 2. The van der Waals surface area contributed by atoms with E-state index in [9.17, 15) is 15.3 Å². The van der Waals surface area contributed by atoms with E-state index in [0.717, 1.165) is 12.8 Å². The number of aliphatic hydroxyl groups is 3. The van der Waals surface area contributed by atoms with Gasteiger partial charge in [0.1, 0.15) is 12.4 Å². The predicted molar refractivity (Wildman–Crippen MR) is 77.1 cm³/mol. The first-order valence-electron chi connectivity index (χ1n) is 7.76. The van der Waals surface area contributed by atoms with Gasteiger partial charge in [-0.15, -0.1) is 0 Å². The number of imidazole rings is 1. The average molecular weight is 319 g/mol. The molecule has 3 heterocycles. The minimum Gasteiger partial charge on any atom is -0.396 e. The summed E-state index contributed by atoms with van der Waals surface area (Å²) in [5.74, 6) is -1.72. The van der Waals surface area contributed by atoms with E-state index in [1.54, 1.807) is 4.57 Å². The number of nitrogens with one attached hydrogen (secondary N) is 1. The highest BCUT2D eigenvalue weighted by Gasteiger charge is 2.75. The molecule has 9 nitrogen and oxygen atoms in total. The van der Waals surface area contributed by atoms with Crippen LogP contribution in [0, 0.1) is 11.8 Å². The van der Waals surface area contributed by atoms with Gasteiger partial charge in [-0.05, 0) is 12.8 Å². The van der Waals surface area contributed by atoms with Gasteiger partial charge in [-0.2, -0.15) is 0 Å². The third-order valence-corrected chi connectivity index (χ3v) is 5.05. The maximum Gasteiger partial charge on any atom is 0.179 e. The van der Waals surface area contributed by atoms with Gasteiger partial charge in [0.2, 0.25) is 0 Å². The Balaban J connectivity index is 1.50. The molecule has 1 aliphatic heterocycles. The van der Waals surface area contributed by atoms with E-state index >= 15 is 0 Å². The van der Waals surface area contributed by atoms with Crippen LogP contribution in [0.3, 0.4) is 0 Å². The number of aromatic nitrogens is 4. The summed E-state index contributed by atoms with van der Waals surface area (Å²) < 4.78 is 7.22. The van der Waals surface area contributed by atoms with E-state index in [1.165, 1.54) is 12.7 Å². The summed E-state index contributed by atoms with van der Waals surface area (Å²) in [5, 5.41) is 33.2. The highest BCUT2D eigenvalue weighted by Crippen LogP contribution is 2.62. The quantitative estimate of drug-likeness (QED) is 0.578. The van der Waals surface area contributed by atoms with Crippen LogP contribution in [0.15, 0.2) is 12.7 Å². The number of ether oxygens (including phenoxy) is 1. The van der Waals surface area contributed by atoms with E-state index in [-0.39, 0.29) is 6.61 Å². The smallest absolute Gasteiger partial charge is 0.179 e. The predicted octanol–water partition coefficient (Wildman–Crippen LogP) is -0.783. The zero-order chi connectivity index (χ0) is 15.8. The van der Waals surface area contributed by atoms with Gasteiger partial charge in [0.15, 0.2) is 29.0 Å². The minimum atomic E-state index is -1.46. The zero-order valence-corrected chi connectivity index (χ0v) is 12.2. The number of hydrogen-bond acceptors (Lipinski definition) is 8. The Hall–Kier alpha value is -1.81. The summed E-state index contributed by atoms with van der Waals surface area (Å²) in [5.41, 5.74) is 1.15. The van der Waals surface area contributed by atoms with Gasteiger partial charge in [-0.1, -0.05) is 0 Å². The van der Waals surface area contributed by atoms with Crippen LogP contribution in [-0.4, -0.2) is 59.4 Å². The van der Waals surface area contributed by atoms with E-state index in [0.29, 0.717) is 23.0 Å². The Labute approximate surface area is 131 Å². The number of nitrogens with zero attached hydrogens (tertiary/aromatic N) is 4. The lowest BCUT2D eigenvalue weighted by atomic mass is 10.2. The van der Waals surface area contributed by atoms with Crippen LogP contribution in [0.5, 0.6) is 0 Å². The Bertz CT molecular complexity index is 778. The molecule has 2 aromatic heterocycles. The van der Waals surface area contributed by atoms with Gasteiger partial charge in [-0.25, -0.2) is 15.0 Å². The summed E-state index contributed by atoms with van der Waals surface area (Å²) in [6, 6.07) is 0.435. The van der Waals surface area contributed by atoms with Crippen molar-refractivity contribution in [2.45, 2.75) is 37.0 Å². The van der Waals surface area contributed by atoms with Crippen molar-refractivity contribution in [3.63, 3.8) is 0 Å². The van der Waals surface area contributed by atoms with Crippen molar-refractivity contribution < 1.29 is 20.1 Å². The molecule has 23 heavy (non-hydrogen) atoms. The maximum atomic E-state index is 10.4. The molecule has 3 unspecified atom stereocenters. The van der Waals surface area contributed by atoms with E-state index in [2.05, 4.69) is 20.3 Å². The Kier molecular flexibility index (Phi) is 2.59. The summed E-state index contributed by atoms with van der Waals surface area (Å²) in [7, 11) is 0. The second-order valence-corrected chi connectivity index (χ2v) is 6.53. The second-order valence-electron chi connectivity index (χ2n) is 6.53. The molecular weight excluding hydrogens is 302 g/mol. The lowest BCUT2D eigenvalue weighted by molar-refractivity contribution is -0.181. The fraction of sp³-hybridized carbons (Fsp3) is 0.643. The highest BCUT2D eigenvalue weighted by atomic mass is 16.7. The Morgan fingerprint density at radius 1 is 1.35 bits per heavy atom. The molecule has 0 amide bonds. The number of anilines is 1. The van der Waals surface area contributed by atoms with E-state index in [1.807, 2.05) is 0 Å². The zero-order valence-electron chi connectivity index (χ0n) is 12.2. The second kappa shape index (κ2) is 4.38. The van der Waals surface area contributed by atoms with Crippen LogP contribution < -0.4 is 5.32 Å². The molecule has 1 saturated heterocycles. The monoisotopic (exact) mass is 319 g/mol. The fourth-order valence-electron chi connectivity index (χ4n) is 3.57. The van der Waals surface area contributed by atoms with Gasteiger partial charge < -0.3 is 25.4 Å². The van der Waals surface area contributed by atoms with Gasteiger partial charge >= 0.3 is 0 Å². The van der Waals surface area contributed by atoms with Crippen molar-refractivity contribution in [2.24, 2.45) is 11.8 Å². The van der Waals surface area contributed by atoms with Crippen molar-refractivity contribution in [3.05, 3.63) is 12.7 Å². The molecule has 9 heteroatoms. The Morgan fingerprint density at radius 2 is 2.17 bits per heavy atom. The summed E-state index contributed by atoms with van der Waals surface area (Å²) in [6.45, 7) is -0.215. The first-order chi connectivity index (χ1) is 11.1. The van der Waals surface area contributed by atoms with Crippen molar-refractivity contribution in [2.75, 3.05) is 11.9 Å². The molecule has 4 N–H and O–H groups in total. The molecule has 3 fully saturated rings. The topological polar surface area (TPSA) is 126 Å². The van der Waals surface area contributed by atoms with E-state index in [4.69, 9.17) is 4.74 Å². The maximum absolute atomic E-state index is 10.4. The van der Waals surface area contributed by atoms with Crippen molar-refractivity contribution >= 4 is 17.0 Å². The van der Waals surface area contributed by atoms with E-state index < -0.39 is 30.0 Å². The first-order valence-corrected chi connectivity index (χ1v) is 7.76. The normalized spacial score (nSPS) is 38.7. The van der Waals surface area contributed by atoms with Crippen molar-refractivity contribution in [1.29, 1.82) is 0 Å². The number of rotatable bonds is 4. The fourth-order valence-corrected chi connectivity index (χ4v) is 3.57. The number of aliphatic hydroxyl groups excluding tert-OH is 2. The lowest BCUT2D eigenvalue weighted by Crippen LogP contribution is -2.27. The SMILES string of the molecule is OC[C@@H]1C2C(O)[C@H](n3cnc4c(NC5CC5)ncnc43)OC21O. The first kappa shape index (κ1) is 13.6. The molecular formula is C14H17N5O4. The molecule has 0 spiro atoms. The summed E-state index contributed by atoms with van der Waals surface area (Å²) in [4.78, 5) is 12.8.